The molecule has 0 unspecified atom stereocenters. The average Bonchev–Trinajstić information content (AvgIpc) is 2.70. The number of carbonyl (C=O) groups excluding carboxylic acids is 3. The Morgan fingerprint density at radius 1 is 1.03 bits per heavy atom. The predicted molar refractivity (Wildman–Crippen MR) is 109 cm³/mol. The first-order chi connectivity index (χ1) is 14.3. The summed E-state index contributed by atoms with van der Waals surface area (Å²) in [5, 5.41) is 8.88. The van der Waals surface area contributed by atoms with Crippen LogP contribution >= 0.6 is 0 Å². The number of anilines is 1. The van der Waals surface area contributed by atoms with Gasteiger partial charge in [0.05, 0.1) is 18.9 Å². The number of aryl methyl sites for hydroxylation is 2. The number of esters is 1. The second-order valence-electron chi connectivity index (χ2n) is 6.89. The van der Waals surface area contributed by atoms with Crippen molar-refractivity contribution in [1.82, 2.24) is 0 Å². The molecule has 30 heavy (non-hydrogen) atoms. The summed E-state index contributed by atoms with van der Waals surface area (Å²) < 4.78 is 17.9. The van der Waals surface area contributed by atoms with Gasteiger partial charge in [-0.2, -0.15) is 5.26 Å². The number of carbonyl (C=O) groups is 3. The lowest BCUT2D eigenvalue weighted by Gasteiger charge is -2.22. The number of ether oxygens (including phenoxy) is 1. The Balaban J connectivity index is 1.92. The van der Waals surface area contributed by atoms with Crippen LogP contribution in [0.25, 0.3) is 0 Å². The Bertz CT molecular complexity index is 944. The molecule has 0 aliphatic carbocycles. The van der Waals surface area contributed by atoms with Gasteiger partial charge in [-0.3, -0.25) is 14.4 Å². The third kappa shape index (κ3) is 6.82. The molecule has 1 amide bonds. The lowest BCUT2D eigenvalue weighted by Crippen LogP contribution is -2.35. The van der Waals surface area contributed by atoms with Gasteiger partial charge >= 0.3 is 5.97 Å². The average molecular weight is 410 g/mol. The lowest BCUT2D eigenvalue weighted by molar-refractivity contribution is -0.147. The van der Waals surface area contributed by atoms with Crippen molar-refractivity contribution >= 4 is 23.3 Å². The van der Waals surface area contributed by atoms with E-state index in [-0.39, 0.29) is 31.6 Å². The number of hydrogen-bond acceptors (Lipinski definition) is 5. The number of nitriles is 1. The zero-order chi connectivity index (χ0) is 22.1. The summed E-state index contributed by atoms with van der Waals surface area (Å²) in [6, 6.07) is 12.7. The molecule has 0 N–H and O–H groups in total. The monoisotopic (exact) mass is 410 g/mol. The summed E-state index contributed by atoms with van der Waals surface area (Å²) >= 11 is 0. The minimum Gasteiger partial charge on any atom is -0.456 e. The summed E-state index contributed by atoms with van der Waals surface area (Å²) in [5.74, 6) is -1.90. The van der Waals surface area contributed by atoms with Crippen LogP contribution < -0.4 is 4.90 Å². The Morgan fingerprint density at radius 3 is 2.27 bits per heavy atom. The molecule has 2 aromatic carbocycles. The highest BCUT2D eigenvalue weighted by Crippen LogP contribution is 2.19. The maximum Gasteiger partial charge on any atom is 0.306 e. The molecular weight excluding hydrogens is 387 g/mol. The summed E-state index contributed by atoms with van der Waals surface area (Å²) in [4.78, 5) is 38.0. The normalized spacial score (nSPS) is 10.2. The maximum atomic E-state index is 12.9. The van der Waals surface area contributed by atoms with Crippen molar-refractivity contribution in [2.45, 2.75) is 33.1 Å². The van der Waals surface area contributed by atoms with Crippen LogP contribution in [0.15, 0.2) is 42.5 Å². The topological polar surface area (TPSA) is 87.5 Å². The molecule has 0 heterocycles. The molecule has 0 aromatic heterocycles. The molecule has 0 atom stereocenters. The van der Waals surface area contributed by atoms with Crippen LogP contribution in [0.3, 0.4) is 0 Å². The Labute approximate surface area is 174 Å². The van der Waals surface area contributed by atoms with Crippen molar-refractivity contribution in [3.8, 4) is 6.07 Å². The lowest BCUT2D eigenvalue weighted by atomic mass is 10.1. The summed E-state index contributed by atoms with van der Waals surface area (Å²) in [6.07, 6.45) is -0.155. The number of benzene rings is 2. The van der Waals surface area contributed by atoms with Gasteiger partial charge in [0.15, 0.2) is 12.4 Å². The van der Waals surface area contributed by atoms with Crippen molar-refractivity contribution in [1.29, 1.82) is 5.26 Å². The summed E-state index contributed by atoms with van der Waals surface area (Å²) in [5.41, 5.74) is 2.88. The van der Waals surface area contributed by atoms with E-state index in [9.17, 15) is 18.8 Å². The Hall–Kier alpha value is -3.53. The number of hydrogen-bond donors (Lipinski definition) is 0. The molecule has 6 nitrogen and oxygen atoms in total. The standard InChI is InChI=1S/C23H23FN2O4/c1-16-12-17(2)14-20(13-16)26(11-3-10-25)22(28)15-30-23(29)9-8-21(27)18-4-6-19(24)7-5-18/h4-7,12-14H,3,8-9,11,15H2,1-2H3. The summed E-state index contributed by atoms with van der Waals surface area (Å²) in [7, 11) is 0. The van der Waals surface area contributed by atoms with E-state index in [0.717, 1.165) is 11.1 Å². The minimum absolute atomic E-state index is 0.103. The van der Waals surface area contributed by atoms with Gasteiger partial charge in [-0.15, -0.1) is 0 Å². The number of ketones is 1. The van der Waals surface area contributed by atoms with Crippen LogP contribution in [0.2, 0.25) is 0 Å². The molecule has 0 aliphatic rings. The van der Waals surface area contributed by atoms with Gasteiger partial charge in [0.2, 0.25) is 0 Å². The van der Waals surface area contributed by atoms with Crippen molar-refractivity contribution in [2.75, 3.05) is 18.1 Å². The van der Waals surface area contributed by atoms with E-state index in [1.165, 1.54) is 29.2 Å². The molecule has 0 fully saturated rings. The second kappa shape index (κ2) is 10.9. The number of amides is 1. The molecular formula is C23H23FN2O4. The largest absolute Gasteiger partial charge is 0.456 e. The second-order valence-corrected chi connectivity index (χ2v) is 6.89. The van der Waals surface area contributed by atoms with E-state index in [1.807, 2.05) is 38.1 Å². The molecule has 0 spiro atoms. The van der Waals surface area contributed by atoms with Crippen LogP contribution in [-0.4, -0.2) is 30.8 Å². The van der Waals surface area contributed by atoms with Crippen molar-refractivity contribution in [2.24, 2.45) is 0 Å². The zero-order valence-corrected chi connectivity index (χ0v) is 17.0. The van der Waals surface area contributed by atoms with Crippen molar-refractivity contribution in [3.05, 3.63) is 65.0 Å². The summed E-state index contributed by atoms with van der Waals surface area (Å²) in [6.45, 7) is 3.50. The van der Waals surface area contributed by atoms with Crippen LogP contribution in [0.4, 0.5) is 10.1 Å². The highest BCUT2D eigenvalue weighted by Gasteiger charge is 2.19. The maximum absolute atomic E-state index is 12.9. The molecule has 0 bridgehead atoms. The molecule has 7 heteroatoms. The SMILES string of the molecule is Cc1cc(C)cc(N(CCC#N)C(=O)COC(=O)CCC(=O)c2ccc(F)cc2)c1. The molecule has 2 aromatic rings. The quantitative estimate of drug-likeness (QED) is 0.462. The first kappa shape index (κ1) is 22.8. The van der Waals surface area contributed by atoms with Gasteiger partial charge in [-0.1, -0.05) is 6.07 Å². The van der Waals surface area contributed by atoms with E-state index >= 15 is 0 Å². The van der Waals surface area contributed by atoms with Gasteiger partial charge in [0.1, 0.15) is 5.82 Å². The van der Waals surface area contributed by atoms with Gasteiger partial charge in [-0.25, -0.2) is 4.39 Å². The van der Waals surface area contributed by atoms with E-state index < -0.39 is 24.3 Å². The number of rotatable bonds is 9. The highest BCUT2D eigenvalue weighted by molar-refractivity contribution is 5.98. The molecule has 0 saturated carbocycles. The fourth-order valence-electron chi connectivity index (χ4n) is 2.95. The molecule has 156 valence electrons. The van der Waals surface area contributed by atoms with Crippen LogP contribution in [-0.2, 0) is 14.3 Å². The van der Waals surface area contributed by atoms with Gasteiger partial charge < -0.3 is 9.64 Å². The van der Waals surface area contributed by atoms with Gasteiger partial charge in [-0.05, 0) is 61.4 Å². The van der Waals surface area contributed by atoms with E-state index in [2.05, 4.69) is 0 Å². The first-order valence-electron chi connectivity index (χ1n) is 9.50. The third-order valence-electron chi connectivity index (χ3n) is 4.35. The van der Waals surface area contributed by atoms with Gasteiger partial charge in [0.25, 0.3) is 5.91 Å². The van der Waals surface area contributed by atoms with Gasteiger partial charge in [0, 0.05) is 24.2 Å². The molecule has 0 saturated heterocycles. The third-order valence-corrected chi connectivity index (χ3v) is 4.35. The fraction of sp³-hybridized carbons (Fsp3) is 0.304. The van der Waals surface area contributed by atoms with E-state index in [0.29, 0.717) is 11.3 Å². The molecule has 0 radical (unpaired) electrons. The van der Waals surface area contributed by atoms with E-state index in [1.54, 1.807) is 0 Å². The first-order valence-corrected chi connectivity index (χ1v) is 9.50. The fourth-order valence-corrected chi connectivity index (χ4v) is 2.95. The van der Waals surface area contributed by atoms with E-state index in [4.69, 9.17) is 10.00 Å². The van der Waals surface area contributed by atoms with Crippen molar-refractivity contribution in [3.63, 3.8) is 0 Å². The molecule has 0 aliphatic heterocycles. The Kier molecular flexibility index (Phi) is 8.24. The molecule has 2 rings (SSSR count). The minimum atomic E-state index is -0.681. The predicted octanol–water partition coefficient (Wildman–Crippen LogP) is 3.90. The van der Waals surface area contributed by atoms with Crippen LogP contribution in [0.5, 0.6) is 0 Å². The zero-order valence-electron chi connectivity index (χ0n) is 17.0. The number of Topliss-reactive ketones (excluding diaryl/α,β-unsaturated/α-hetero) is 1. The van der Waals surface area contributed by atoms with Crippen LogP contribution in [0, 0.1) is 31.0 Å². The smallest absolute Gasteiger partial charge is 0.306 e. The van der Waals surface area contributed by atoms with Crippen molar-refractivity contribution < 1.29 is 23.5 Å². The number of nitrogens with zero attached hydrogens (tertiary/aromatic N) is 2. The van der Waals surface area contributed by atoms with Crippen LogP contribution in [0.1, 0.15) is 40.7 Å². The highest BCUT2D eigenvalue weighted by atomic mass is 19.1. The Morgan fingerprint density at radius 2 is 1.67 bits per heavy atom. The number of halogens is 1.